The van der Waals surface area contributed by atoms with Gasteiger partial charge in [-0.15, -0.1) is 0 Å². The second-order valence-corrected chi connectivity index (χ2v) is 4.31. The zero-order chi connectivity index (χ0) is 12.7. The molecule has 1 fully saturated rings. The highest BCUT2D eigenvalue weighted by atomic mass is 16.2. The van der Waals surface area contributed by atoms with Gasteiger partial charge in [-0.1, -0.05) is 30.4 Å². The minimum atomic E-state index is -0.956. The summed E-state index contributed by atoms with van der Waals surface area (Å²) in [6, 6.07) is 4.72. The average molecular weight is 242 g/mol. The standard InChI is InChI=1S/C13H10N2O3/c16-11-10(12(17)15-13(18)14-11)9-5-4-7-2-1-3-8(7)6-9/h1,3-6,10H,2H2,(H2,14,15,16,17,18). The maximum atomic E-state index is 11.7. The third kappa shape index (κ3) is 1.60. The van der Waals surface area contributed by atoms with Gasteiger partial charge in [0.2, 0.25) is 11.8 Å². The van der Waals surface area contributed by atoms with E-state index in [1.165, 1.54) is 5.56 Å². The van der Waals surface area contributed by atoms with Crippen LogP contribution in [-0.2, 0) is 16.0 Å². The van der Waals surface area contributed by atoms with Gasteiger partial charge in [0.25, 0.3) is 0 Å². The van der Waals surface area contributed by atoms with Crippen LogP contribution in [0.2, 0.25) is 0 Å². The Labute approximate surface area is 103 Å². The van der Waals surface area contributed by atoms with E-state index in [2.05, 4.69) is 10.6 Å². The topological polar surface area (TPSA) is 75.3 Å². The summed E-state index contributed by atoms with van der Waals surface area (Å²) in [7, 11) is 0. The SMILES string of the molecule is O=C1NC(=O)C(c2ccc3c(c2)C=CC3)C(=O)N1. The Balaban J connectivity index is 1.99. The number of hydrogen-bond acceptors (Lipinski definition) is 3. The molecule has 5 heteroatoms. The van der Waals surface area contributed by atoms with E-state index in [4.69, 9.17) is 0 Å². The van der Waals surface area contributed by atoms with Crippen molar-refractivity contribution in [3.8, 4) is 0 Å². The lowest BCUT2D eigenvalue weighted by atomic mass is 9.93. The van der Waals surface area contributed by atoms with E-state index in [0.29, 0.717) is 5.56 Å². The minimum absolute atomic E-state index is 0.578. The van der Waals surface area contributed by atoms with Crippen molar-refractivity contribution in [2.24, 2.45) is 0 Å². The van der Waals surface area contributed by atoms with Crippen molar-refractivity contribution in [1.29, 1.82) is 0 Å². The molecule has 2 aliphatic rings. The van der Waals surface area contributed by atoms with Crippen molar-refractivity contribution in [2.75, 3.05) is 0 Å². The van der Waals surface area contributed by atoms with E-state index in [9.17, 15) is 14.4 Å². The van der Waals surface area contributed by atoms with Crippen LogP contribution in [0.15, 0.2) is 24.3 Å². The zero-order valence-corrected chi connectivity index (χ0v) is 9.40. The van der Waals surface area contributed by atoms with E-state index in [1.807, 2.05) is 24.3 Å². The molecule has 1 saturated heterocycles. The Morgan fingerprint density at radius 3 is 2.50 bits per heavy atom. The molecule has 1 aromatic rings. The first-order valence-corrected chi connectivity index (χ1v) is 5.60. The monoisotopic (exact) mass is 242 g/mol. The van der Waals surface area contributed by atoms with Gasteiger partial charge in [0, 0.05) is 0 Å². The maximum absolute atomic E-state index is 11.7. The third-order valence-electron chi connectivity index (χ3n) is 3.14. The molecule has 90 valence electrons. The predicted octanol–water partition coefficient (Wildman–Crippen LogP) is 0.706. The van der Waals surface area contributed by atoms with Gasteiger partial charge in [0.15, 0.2) is 0 Å². The zero-order valence-electron chi connectivity index (χ0n) is 9.40. The van der Waals surface area contributed by atoms with Crippen LogP contribution < -0.4 is 10.6 Å². The fraction of sp³-hybridized carbons (Fsp3) is 0.154. The van der Waals surface area contributed by atoms with Crippen LogP contribution in [0.3, 0.4) is 0 Å². The molecule has 0 unspecified atom stereocenters. The van der Waals surface area contributed by atoms with E-state index < -0.39 is 23.8 Å². The third-order valence-corrected chi connectivity index (χ3v) is 3.14. The van der Waals surface area contributed by atoms with Crippen LogP contribution in [0, 0.1) is 0 Å². The largest absolute Gasteiger partial charge is 0.328 e. The second kappa shape index (κ2) is 3.80. The van der Waals surface area contributed by atoms with Crippen molar-refractivity contribution < 1.29 is 14.4 Å². The number of carbonyl (C=O) groups excluding carboxylic acids is 3. The number of nitrogens with one attached hydrogen (secondary N) is 2. The van der Waals surface area contributed by atoms with E-state index in [1.54, 1.807) is 6.07 Å². The number of urea groups is 1. The number of imide groups is 2. The number of amides is 4. The summed E-state index contributed by atoms with van der Waals surface area (Å²) in [4.78, 5) is 34.4. The summed E-state index contributed by atoms with van der Waals surface area (Å²) in [5, 5.41) is 4.20. The molecule has 0 aromatic heterocycles. The van der Waals surface area contributed by atoms with Crippen molar-refractivity contribution in [3.05, 3.63) is 41.0 Å². The first-order chi connectivity index (χ1) is 8.65. The number of fused-ring (bicyclic) bond motifs is 1. The fourth-order valence-electron chi connectivity index (χ4n) is 2.27. The van der Waals surface area contributed by atoms with Crippen molar-refractivity contribution in [1.82, 2.24) is 10.6 Å². The average Bonchev–Trinajstić information content (AvgIpc) is 2.74. The van der Waals surface area contributed by atoms with Crippen LogP contribution in [0.25, 0.3) is 6.08 Å². The Kier molecular flexibility index (Phi) is 2.26. The summed E-state index contributed by atoms with van der Waals surface area (Å²) in [5.41, 5.74) is 2.79. The number of rotatable bonds is 1. The lowest BCUT2D eigenvalue weighted by Gasteiger charge is -2.21. The summed E-state index contributed by atoms with van der Waals surface area (Å²) in [6.07, 6.45) is 4.86. The molecular weight excluding hydrogens is 232 g/mol. The first-order valence-electron chi connectivity index (χ1n) is 5.60. The highest BCUT2D eigenvalue weighted by Crippen LogP contribution is 2.26. The van der Waals surface area contributed by atoms with Crippen LogP contribution in [0.1, 0.15) is 22.6 Å². The Hall–Kier alpha value is -2.43. The molecule has 0 radical (unpaired) electrons. The lowest BCUT2D eigenvalue weighted by molar-refractivity contribution is -0.132. The first kappa shape index (κ1) is 10.7. The van der Waals surface area contributed by atoms with E-state index in [0.717, 1.165) is 12.0 Å². The molecular formula is C13H10N2O3. The smallest absolute Gasteiger partial charge is 0.277 e. The summed E-state index contributed by atoms with van der Waals surface area (Å²) < 4.78 is 0. The number of barbiturate groups is 1. The van der Waals surface area contributed by atoms with Crippen molar-refractivity contribution in [2.45, 2.75) is 12.3 Å². The van der Waals surface area contributed by atoms with Crippen molar-refractivity contribution in [3.63, 3.8) is 0 Å². The Morgan fingerprint density at radius 1 is 1.06 bits per heavy atom. The van der Waals surface area contributed by atoms with Crippen LogP contribution >= 0.6 is 0 Å². The van der Waals surface area contributed by atoms with Gasteiger partial charge < -0.3 is 0 Å². The van der Waals surface area contributed by atoms with Crippen molar-refractivity contribution >= 4 is 23.9 Å². The molecule has 1 aliphatic heterocycles. The summed E-state index contributed by atoms with van der Waals surface area (Å²) in [5.74, 6) is -2.11. The minimum Gasteiger partial charge on any atom is -0.277 e. The highest BCUT2D eigenvalue weighted by Gasteiger charge is 2.35. The van der Waals surface area contributed by atoms with E-state index in [-0.39, 0.29) is 0 Å². The molecule has 1 heterocycles. The number of allylic oxidation sites excluding steroid dienone is 1. The summed E-state index contributed by atoms with van der Waals surface area (Å²) >= 11 is 0. The second-order valence-electron chi connectivity index (χ2n) is 4.31. The van der Waals surface area contributed by atoms with Gasteiger partial charge in [-0.25, -0.2) is 4.79 Å². The van der Waals surface area contributed by atoms with Gasteiger partial charge in [0.05, 0.1) is 0 Å². The number of hydrogen-bond donors (Lipinski definition) is 2. The Morgan fingerprint density at radius 2 is 1.78 bits per heavy atom. The highest BCUT2D eigenvalue weighted by molar-refractivity contribution is 6.19. The van der Waals surface area contributed by atoms with Gasteiger partial charge in [-0.2, -0.15) is 0 Å². The van der Waals surface area contributed by atoms with Gasteiger partial charge >= 0.3 is 6.03 Å². The van der Waals surface area contributed by atoms with Gasteiger partial charge in [0.1, 0.15) is 5.92 Å². The predicted molar refractivity (Wildman–Crippen MR) is 63.6 cm³/mol. The van der Waals surface area contributed by atoms with Gasteiger partial charge in [-0.3, -0.25) is 20.2 Å². The normalized spacial score (nSPS) is 18.6. The van der Waals surface area contributed by atoms with E-state index >= 15 is 0 Å². The molecule has 1 aromatic carbocycles. The molecule has 4 amide bonds. The molecule has 0 bridgehead atoms. The molecule has 3 rings (SSSR count). The quantitative estimate of drug-likeness (QED) is 0.712. The molecule has 0 atom stereocenters. The van der Waals surface area contributed by atoms with Crippen LogP contribution in [0.5, 0.6) is 0 Å². The maximum Gasteiger partial charge on any atom is 0.328 e. The molecule has 0 saturated carbocycles. The van der Waals surface area contributed by atoms with Gasteiger partial charge in [-0.05, 0) is 23.1 Å². The molecule has 18 heavy (non-hydrogen) atoms. The molecule has 2 N–H and O–H groups in total. The van der Waals surface area contributed by atoms with Crippen LogP contribution in [0.4, 0.5) is 4.79 Å². The Bertz CT molecular complexity index is 584. The molecule has 5 nitrogen and oxygen atoms in total. The molecule has 0 spiro atoms. The lowest BCUT2D eigenvalue weighted by Crippen LogP contribution is -2.54. The number of benzene rings is 1. The summed E-state index contributed by atoms with van der Waals surface area (Å²) in [6.45, 7) is 0. The fourth-order valence-corrected chi connectivity index (χ4v) is 2.27. The number of carbonyl (C=O) groups is 3. The van der Waals surface area contributed by atoms with Crippen LogP contribution in [-0.4, -0.2) is 17.8 Å². The molecule has 1 aliphatic carbocycles.